The number of piperazine rings is 1. The van der Waals surface area contributed by atoms with Gasteiger partial charge in [-0.15, -0.1) is 0 Å². The summed E-state index contributed by atoms with van der Waals surface area (Å²) in [4.78, 5) is 24.8. The molecule has 0 saturated carbocycles. The molecule has 1 aromatic heterocycles. The van der Waals surface area contributed by atoms with Crippen molar-refractivity contribution in [3.05, 3.63) is 47.2 Å². The van der Waals surface area contributed by atoms with Crippen molar-refractivity contribution in [1.82, 2.24) is 20.2 Å². The first kappa shape index (κ1) is 20.3. The third kappa shape index (κ3) is 5.31. The summed E-state index contributed by atoms with van der Waals surface area (Å²) >= 11 is 5.83. The maximum atomic E-state index is 12.2. The molecule has 3 N–H and O–H groups in total. The van der Waals surface area contributed by atoms with Gasteiger partial charge in [0, 0.05) is 49.4 Å². The Morgan fingerprint density at radius 3 is 2.61 bits per heavy atom. The van der Waals surface area contributed by atoms with Crippen LogP contribution in [0, 0.1) is 0 Å². The number of halogens is 1. The zero-order valence-corrected chi connectivity index (χ0v) is 16.6. The Labute approximate surface area is 169 Å². The minimum absolute atomic E-state index is 0.166. The van der Waals surface area contributed by atoms with Gasteiger partial charge in [0.05, 0.1) is 6.54 Å². The predicted molar refractivity (Wildman–Crippen MR) is 110 cm³/mol. The summed E-state index contributed by atoms with van der Waals surface area (Å²) in [6.07, 6.45) is 0.821. The fourth-order valence-corrected chi connectivity index (χ4v) is 3.19. The summed E-state index contributed by atoms with van der Waals surface area (Å²) < 4.78 is 0. The molecule has 2 heterocycles. The number of aliphatic hydroxyl groups is 1. The summed E-state index contributed by atoms with van der Waals surface area (Å²) in [6.45, 7) is 5.83. The maximum Gasteiger partial charge on any atom is 0.251 e. The van der Waals surface area contributed by atoms with Crippen LogP contribution in [0.4, 0.5) is 11.6 Å². The second-order valence-corrected chi connectivity index (χ2v) is 6.95. The molecule has 0 bridgehead atoms. The zero-order valence-electron chi connectivity index (χ0n) is 15.8. The molecule has 0 aliphatic carbocycles. The Hall–Kier alpha value is -2.42. The van der Waals surface area contributed by atoms with E-state index < -0.39 is 6.23 Å². The second kappa shape index (κ2) is 9.68. The monoisotopic (exact) mass is 404 g/mol. The molecule has 1 aliphatic rings. The highest BCUT2D eigenvalue weighted by Gasteiger charge is 2.23. The number of nitrogens with one attached hydrogen (secondary N) is 2. The van der Waals surface area contributed by atoms with E-state index in [4.69, 9.17) is 11.6 Å². The van der Waals surface area contributed by atoms with Crippen LogP contribution in [-0.4, -0.2) is 71.4 Å². The first-order valence-corrected chi connectivity index (χ1v) is 9.71. The van der Waals surface area contributed by atoms with Crippen molar-refractivity contribution in [2.45, 2.75) is 13.2 Å². The molecule has 2 aromatic rings. The average molecular weight is 405 g/mol. The molecule has 1 amide bonds. The molecule has 1 unspecified atom stereocenters. The lowest BCUT2D eigenvalue weighted by Crippen LogP contribution is -2.53. The van der Waals surface area contributed by atoms with Gasteiger partial charge in [-0.25, -0.2) is 9.97 Å². The molecule has 0 spiro atoms. The van der Waals surface area contributed by atoms with Crippen molar-refractivity contribution in [2.75, 3.05) is 49.5 Å². The van der Waals surface area contributed by atoms with Crippen molar-refractivity contribution in [1.29, 1.82) is 0 Å². The van der Waals surface area contributed by atoms with Crippen LogP contribution in [-0.2, 0) is 0 Å². The van der Waals surface area contributed by atoms with Crippen LogP contribution in [0.1, 0.15) is 17.3 Å². The highest BCUT2D eigenvalue weighted by molar-refractivity contribution is 6.30. The lowest BCUT2D eigenvalue weighted by atomic mass is 10.2. The Kier molecular flexibility index (Phi) is 7.02. The third-order valence-corrected chi connectivity index (χ3v) is 4.87. The average Bonchev–Trinajstić information content (AvgIpc) is 2.73. The first-order chi connectivity index (χ1) is 13.6. The molecule has 150 valence electrons. The summed E-state index contributed by atoms with van der Waals surface area (Å²) in [5, 5.41) is 16.9. The van der Waals surface area contributed by atoms with E-state index in [0.717, 1.165) is 31.3 Å². The molecule has 1 fully saturated rings. The van der Waals surface area contributed by atoms with Gasteiger partial charge in [0.1, 0.15) is 24.2 Å². The summed E-state index contributed by atoms with van der Waals surface area (Å²) in [5.74, 6) is 1.45. The summed E-state index contributed by atoms with van der Waals surface area (Å²) in [6, 6.07) is 8.59. The molecule has 3 rings (SSSR count). The molecular weight excluding hydrogens is 380 g/mol. The van der Waals surface area contributed by atoms with Gasteiger partial charge in [0.25, 0.3) is 5.91 Å². The number of amides is 1. The van der Waals surface area contributed by atoms with Crippen molar-refractivity contribution in [2.24, 2.45) is 0 Å². The lowest BCUT2D eigenvalue weighted by Gasteiger charge is -2.37. The van der Waals surface area contributed by atoms with Crippen LogP contribution in [0.25, 0.3) is 0 Å². The molecule has 1 aromatic carbocycles. The highest BCUT2D eigenvalue weighted by atomic mass is 35.5. The van der Waals surface area contributed by atoms with Crippen LogP contribution in [0.3, 0.4) is 0 Å². The molecule has 0 radical (unpaired) electrons. The molecule has 28 heavy (non-hydrogen) atoms. The number of rotatable bonds is 7. The predicted octanol–water partition coefficient (Wildman–Crippen LogP) is 1.43. The van der Waals surface area contributed by atoms with E-state index in [1.54, 1.807) is 30.6 Å². The Morgan fingerprint density at radius 2 is 1.93 bits per heavy atom. The Bertz CT molecular complexity index is 780. The number of nitrogens with zero attached hydrogens (tertiary/aromatic N) is 4. The highest BCUT2D eigenvalue weighted by Crippen LogP contribution is 2.17. The van der Waals surface area contributed by atoms with Gasteiger partial charge in [-0.2, -0.15) is 0 Å². The van der Waals surface area contributed by atoms with Crippen molar-refractivity contribution in [3.63, 3.8) is 0 Å². The van der Waals surface area contributed by atoms with Crippen LogP contribution in [0.5, 0.6) is 0 Å². The van der Waals surface area contributed by atoms with Crippen LogP contribution in [0.15, 0.2) is 36.7 Å². The normalized spacial score (nSPS) is 15.9. The third-order valence-electron chi connectivity index (χ3n) is 4.62. The summed E-state index contributed by atoms with van der Waals surface area (Å²) in [5.41, 5.74) is 0.515. The summed E-state index contributed by atoms with van der Waals surface area (Å²) in [7, 11) is 0. The number of hydrogen-bond donors (Lipinski definition) is 3. The van der Waals surface area contributed by atoms with Gasteiger partial charge in [0.15, 0.2) is 0 Å². The van der Waals surface area contributed by atoms with E-state index in [9.17, 15) is 9.90 Å². The number of benzene rings is 1. The molecule has 8 nitrogen and oxygen atoms in total. The minimum Gasteiger partial charge on any atom is -0.377 e. The number of hydrogen-bond acceptors (Lipinski definition) is 7. The number of aromatic nitrogens is 2. The van der Waals surface area contributed by atoms with Gasteiger partial charge in [-0.1, -0.05) is 11.6 Å². The van der Waals surface area contributed by atoms with Crippen molar-refractivity contribution in [3.8, 4) is 0 Å². The Balaban J connectivity index is 1.47. The number of carbonyl (C=O) groups excluding carboxylic acids is 1. The maximum absolute atomic E-state index is 12.2. The van der Waals surface area contributed by atoms with E-state index in [1.165, 1.54) is 0 Å². The van der Waals surface area contributed by atoms with E-state index in [0.29, 0.717) is 23.7 Å². The standard InChI is InChI=1S/C19H25ClN6O2/c1-2-21-16-11-17(24-13-23-16)25-7-9-26(10-8-25)18(27)12-22-19(28)14-3-5-15(20)6-4-14/h3-6,11,13,18,27H,2,7-10,12H2,1H3,(H,22,28)(H,21,23,24). The van der Waals surface area contributed by atoms with Crippen LogP contribution >= 0.6 is 11.6 Å². The minimum atomic E-state index is -0.735. The van der Waals surface area contributed by atoms with E-state index in [2.05, 4.69) is 25.5 Å². The fourth-order valence-electron chi connectivity index (χ4n) is 3.06. The smallest absolute Gasteiger partial charge is 0.251 e. The van der Waals surface area contributed by atoms with Crippen molar-refractivity contribution < 1.29 is 9.90 Å². The molecule has 1 atom stereocenters. The van der Waals surface area contributed by atoms with Crippen LogP contribution in [0.2, 0.25) is 5.02 Å². The van der Waals surface area contributed by atoms with Gasteiger partial charge in [0.2, 0.25) is 0 Å². The Morgan fingerprint density at radius 1 is 1.21 bits per heavy atom. The zero-order chi connectivity index (χ0) is 19.9. The lowest BCUT2D eigenvalue weighted by molar-refractivity contribution is 0.00183. The largest absolute Gasteiger partial charge is 0.377 e. The van der Waals surface area contributed by atoms with Crippen molar-refractivity contribution >= 4 is 29.1 Å². The topological polar surface area (TPSA) is 93.6 Å². The second-order valence-electron chi connectivity index (χ2n) is 6.51. The van der Waals surface area contributed by atoms with E-state index in [1.807, 2.05) is 17.9 Å². The molecule has 1 saturated heterocycles. The van der Waals surface area contributed by atoms with E-state index >= 15 is 0 Å². The number of anilines is 2. The SMILES string of the molecule is CCNc1cc(N2CCN(C(O)CNC(=O)c3ccc(Cl)cc3)CC2)ncn1. The van der Waals surface area contributed by atoms with Gasteiger partial charge >= 0.3 is 0 Å². The number of carbonyl (C=O) groups is 1. The molecule has 1 aliphatic heterocycles. The molecular formula is C19H25ClN6O2. The van der Waals surface area contributed by atoms with E-state index in [-0.39, 0.29) is 12.5 Å². The molecule has 9 heteroatoms. The quantitative estimate of drug-likeness (QED) is 0.642. The van der Waals surface area contributed by atoms with Gasteiger partial charge < -0.3 is 20.6 Å². The van der Waals surface area contributed by atoms with Gasteiger partial charge in [-0.3, -0.25) is 9.69 Å². The van der Waals surface area contributed by atoms with Gasteiger partial charge in [-0.05, 0) is 31.2 Å². The first-order valence-electron chi connectivity index (χ1n) is 9.33. The number of aliphatic hydroxyl groups excluding tert-OH is 1. The van der Waals surface area contributed by atoms with Crippen LogP contribution < -0.4 is 15.5 Å². The fraction of sp³-hybridized carbons (Fsp3) is 0.421.